The first-order valence-electron chi connectivity index (χ1n) is 5.85. The number of amides is 1. The summed E-state index contributed by atoms with van der Waals surface area (Å²) < 4.78 is 4.79. The van der Waals surface area contributed by atoms with Crippen molar-refractivity contribution in [1.29, 1.82) is 0 Å². The number of pyridine rings is 1. The summed E-state index contributed by atoms with van der Waals surface area (Å²) in [6.07, 6.45) is 0.162. The van der Waals surface area contributed by atoms with E-state index in [1.54, 1.807) is 0 Å². The van der Waals surface area contributed by atoms with Crippen molar-refractivity contribution < 1.29 is 14.5 Å². The molecule has 0 spiro atoms. The lowest BCUT2D eigenvalue weighted by Gasteiger charge is -2.07. The van der Waals surface area contributed by atoms with Gasteiger partial charge in [-0.05, 0) is 6.07 Å². The Balaban J connectivity index is 2.47. The van der Waals surface area contributed by atoms with Crippen molar-refractivity contribution in [1.82, 2.24) is 10.3 Å². The maximum absolute atomic E-state index is 11.4. The maximum Gasteiger partial charge on any atom is 0.311 e. The number of methoxy groups -OCH3 is 1. The van der Waals surface area contributed by atoms with Crippen LogP contribution in [0.3, 0.4) is 0 Å². The number of rotatable bonds is 8. The van der Waals surface area contributed by atoms with Crippen molar-refractivity contribution >= 4 is 29.0 Å². The molecule has 0 radical (unpaired) electrons. The molecular formula is C11H15ClN4O4. The van der Waals surface area contributed by atoms with E-state index in [0.717, 1.165) is 0 Å². The Bertz CT molecular complexity index is 483. The lowest BCUT2D eigenvalue weighted by Crippen LogP contribution is -2.28. The third-order valence-corrected chi connectivity index (χ3v) is 2.52. The summed E-state index contributed by atoms with van der Waals surface area (Å²) in [6, 6.07) is 2.60. The van der Waals surface area contributed by atoms with Crippen LogP contribution in [0.15, 0.2) is 12.1 Å². The number of aromatic nitrogens is 1. The normalized spacial score (nSPS) is 10.1. The first-order chi connectivity index (χ1) is 9.54. The quantitative estimate of drug-likeness (QED) is 0.323. The largest absolute Gasteiger partial charge is 0.383 e. The fourth-order valence-electron chi connectivity index (χ4n) is 1.38. The van der Waals surface area contributed by atoms with Gasteiger partial charge in [0.2, 0.25) is 11.7 Å². The standard InChI is InChI=1S/C11H15ClN4O4/c1-20-7-6-13-10(17)4-5-14-11-8(16(18)19)2-3-9(12)15-11/h2-3H,4-7H2,1H3,(H,13,17)(H,14,15). The summed E-state index contributed by atoms with van der Waals surface area (Å²) >= 11 is 5.68. The number of ether oxygens (including phenoxy) is 1. The zero-order valence-corrected chi connectivity index (χ0v) is 11.6. The van der Waals surface area contributed by atoms with Crippen LogP contribution in [0.4, 0.5) is 11.5 Å². The zero-order chi connectivity index (χ0) is 15.0. The Hall–Kier alpha value is -1.93. The number of halogens is 1. The van der Waals surface area contributed by atoms with E-state index in [2.05, 4.69) is 15.6 Å². The van der Waals surface area contributed by atoms with Crippen LogP contribution in [0.5, 0.6) is 0 Å². The van der Waals surface area contributed by atoms with Gasteiger partial charge in [-0.3, -0.25) is 14.9 Å². The molecule has 2 N–H and O–H groups in total. The lowest BCUT2D eigenvalue weighted by atomic mass is 10.3. The van der Waals surface area contributed by atoms with Crippen LogP contribution in [0.1, 0.15) is 6.42 Å². The molecular weight excluding hydrogens is 288 g/mol. The Morgan fingerprint density at radius 1 is 1.50 bits per heavy atom. The van der Waals surface area contributed by atoms with E-state index in [4.69, 9.17) is 16.3 Å². The minimum Gasteiger partial charge on any atom is -0.383 e. The highest BCUT2D eigenvalue weighted by Crippen LogP contribution is 2.23. The second kappa shape index (κ2) is 8.28. The molecule has 1 amide bonds. The molecule has 1 rings (SSSR count). The topological polar surface area (TPSA) is 106 Å². The van der Waals surface area contributed by atoms with Gasteiger partial charge in [-0.25, -0.2) is 4.98 Å². The number of nitro groups is 1. The zero-order valence-electron chi connectivity index (χ0n) is 10.9. The summed E-state index contributed by atoms with van der Waals surface area (Å²) in [4.78, 5) is 25.5. The van der Waals surface area contributed by atoms with Gasteiger partial charge in [-0.15, -0.1) is 0 Å². The highest BCUT2D eigenvalue weighted by Gasteiger charge is 2.15. The Morgan fingerprint density at radius 3 is 2.90 bits per heavy atom. The fraction of sp³-hybridized carbons (Fsp3) is 0.455. The van der Waals surface area contributed by atoms with E-state index in [-0.39, 0.29) is 35.5 Å². The Kier molecular flexibility index (Phi) is 6.68. The molecule has 0 saturated heterocycles. The van der Waals surface area contributed by atoms with Gasteiger partial charge in [-0.2, -0.15) is 0 Å². The van der Waals surface area contributed by atoms with Crippen LogP contribution >= 0.6 is 11.6 Å². The molecule has 0 fully saturated rings. The fourth-order valence-corrected chi connectivity index (χ4v) is 1.53. The molecule has 0 unspecified atom stereocenters. The van der Waals surface area contributed by atoms with E-state index in [1.165, 1.54) is 19.2 Å². The molecule has 0 aromatic carbocycles. The number of hydrogen-bond acceptors (Lipinski definition) is 6. The molecule has 9 heteroatoms. The van der Waals surface area contributed by atoms with Crippen molar-refractivity contribution in [2.45, 2.75) is 6.42 Å². The third-order valence-electron chi connectivity index (χ3n) is 2.31. The molecule has 1 aromatic rings. The van der Waals surface area contributed by atoms with Crippen LogP contribution in [0, 0.1) is 10.1 Å². The molecule has 20 heavy (non-hydrogen) atoms. The SMILES string of the molecule is COCCNC(=O)CCNc1nc(Cl)ccc1[N+](=O)[O-]. The van der Waals surface area contributed by atoms with E-state index >= 15 is 0 Å². The van der Waals surface area contributed by atoms with Gasteiger partial charge in [0.25, 0.3) is 0 Å². The minimum absolute atomic E-state index is 0.0483. The number of nitrogens with zero attached hydrogens (tertiary/aromatic N) is 2. The van der Waals surface area contributed by atoms with Crippen molar-refractivity contribution in [2.24, 2.45) is 0 Å². The molecule has 0 saturated carbocycles. The number of hydrogen-bond donors (Lipinski definition) is 2. The van der Waals surface area contributed by atoms with Crippen LogP contribution < -0.4 is 10.6 Å². The molecule has 0 aliphatic heterocycles. The minimum atomic E-state index is -0.565. The number of carbonyl (C=O) groups is 1. The molecule has 0 aliphatic carbocycles. The van der Waals surface area contributed by atoms with Gasteiger partial charge in [0, 0.05) is 32.7 Å². The lowest BCUT2D eigenvalue weighted by molar-refractivity contribution is -0.384. The summed E-state index contributed by atoms with van der Waals surface area (Å²) in [5.41, 5.74) is -0.186. The summed E-state index contributed by atoms with van der Waals surface area (Å²) in [5.74, 6) is -0.133. The smallest absolute Gasteiger partial charge is 0.311 e. The van der Waals surface area contributed by atoms with Crippen molar-refractivity contribution in [3.63, 3.8) is 0 Å². The first kappa shape index (κ1) is 16.1. The second-order valence-electron chi connectivity index (χ2n) is 3.78. The number of carbonyl (C=O) groups excluding carboxylic acids is 1. The van der Waals surface area contributed by atoms with Crippen LogP contribution in [-0.2, 0) is 9.53 Å². The monoisotopic (exact) mass is 302 g/mol. The van der Waals surface area contributed by atoms with Gasteiger partial charge in [0.15, 0.2) is 0 Å². The predicted molar refractivity (Wildman–Crippen MR) is 73.9 cm³/mol. The van der Waals surface area contributed by atoms with E-state index in [1.807, 2.05) is 0 Å². The van der Waals surface area contributed by atoms with Gasteiger partial charge in [0.1, 0.15) is 5.15 Å². The van der Waals surface area contributed by atoms with Crippen LogP contribution in [-0.4, -0.2) is 42.6 Å². The second-order valence-corrected chi connectivity index (χ2v) is 4.17. The van der Waals surface area contributed by atoms with Gasteiger partial charge >= 0.3 is 5.69 Å². The van der Waals surface area contributed by atoms with Crippen LogP contribution in [0.25, 0.3) is 0 Å². The van der Waals surface area contributed by atoms with E-state index < -0.39 is 4.92 Å². The van der Waals surface area contributed by atoms with Crippen molar-refractivity contribution in [3.8, 4) is 0 Å². The van der Waals surface area contributed by atoms with E-state index in [9.17, 15) is 14.9 Å². The summed E-state index contributed by atoms with van der Waals surface area (Å²) in [6.45, 7) is 1.07. The third kappa shape index (κ3) is 5.37. The average Bonchev–Trinajstić information content (AvgIpc) is 2.38. The molecule has 0 aliphatic rings. The molecule has 0 atom stereocenters. The van der Waals surface area contributed by atoms with Crippen LogP contribution in [0.2, 0.25) is 5.15 Å². The van der Waals surface area contributed by atoms with Gasteiger partial charge in [-0.1, -0.05) is 11.6 Å². The summed E-state index contributed by atoms with van der Waals surface area (Å²) in [7, 11) is 1.54. The number of nitrogens with one attached hydrogen (secondary N) is 2. The Morgan fingerprint density at radius 2 is 2.25 bits per heavy atom. The molecule has 8 nitrogen and oxygen atoms in total. The first-order valence-corrected chi connectivity index (χ1v) is 6.23. The van der Waals surface area contributed by atoms with Crippen molar-refractivity contribution in [3.05, 3.63) is 27.4 Å². The highest BCUT2D eigenvalue weighted by atomic mass is 35.5. The van der Waals surface area contributed by atoms with Gasteiger partial charge in [0.05, 0.1) is 11.5 Å². The number of anilines is 1. The van der Waals surface area contributed by atoms with Crippen molar-refractivity contribution in [2.75, 3.05) is 32.1 Å². The average molecular weight is 303 g/mol. The molecule has 1 aromatic heterocycles. The van der Waals surface area contributed by atoms with Gasteiger partial charge < -0.3 is 15.4 Å². The van der Waals surface area contributed by atoms with E-state index in [0.29, 0.717) is 13.2 Å². The molecule has 0 bridgehead atoms. The Labute approximate surface area is 120 Å². The molecule has 110 valence electrons. The summed E-state index contributed by atoms with van der Waals surface area (Å²) in [5, 5.41) is 16.3. The predicted octanol–water partition coefficient (Wildman–Crippen LogP) is 1.21. The highest BCUT2D eigenvalue weighted by molar-refractivity contribution is 6.29. The maximum atomic E-state index is 11.4. The molecule has 1 heterocycles.